The zero-order valence-electron chi connectivity index (χ0n) is 13.0. The standard InChI is InChI=1S/C17H23NO4/c1-11(2)14-8-13(17(21)22)9-15-12(4-3-6-19)10-18(5-7-20)16(14)15/h8-11,19-20H,3-7H2,1-2H3,(H,21,22). The predicted molar refractivity (Wildman–Crippen MR) is 85.5 cm³/mol. The van der Waals surface area contributed by atoms with Gasteiger partial charge in [0.2, 0.25) is 0 Å². The van der Waals surface area contributed by atoms with Gasteiger partial charge in [-0.25, -0.2) is 4.79 Å². The molecule has 1 aromatic heterocycles. The van der Waals surface area contributed by atoms with E-state index in [0.717, 1.165) is 22.0 Å². The highest BCUT2D eigenvalue weighted by Gasteiger charge is 2.17. The van der Waals surface area contributed by atoms with Crippen LogP contribution in [0, 0.1) is 0 Å². The van der Waals surface area contributed by atoms with Gasteiger partial charge in [0.15, 0.2) is 0 Å². The van der Waals surface area contributed by atoms with Gasteiger partial charge in [-0.1, -0.05) is 13.8 Å². The number of carboxylic acids is 1. The van der Waals surface area contributed by atoms with E-state index in [4.69, 9.17) is 5.11 Å². The van der Waals surface area contributed by atoms with Crippen molar-refractivity contribution >= 4 is 16.9 Å². The molecule has 1 aromatic carbocycles. The molecule has 0 fully saturated rings. The number of carboxylic acid groups (broad SMARTS) is 1. The largest absolute Gasteiger partial charge is 0.478 e. The van der Waals surface area contributed by atoms with Crippen LogP contribution < -0.4 is 0 Å². The van der Waals surface area contributed by atoms with Crippen LogP contribution in [0.25, 0.3) is 10.9 Å². The molecule has 0 aliphatic heterocycles. The Balaban J connectivity index is 2.72. The lowest BCUT2D eigenvalue weighted by Gasteiger charge is -2.13. The Morgan fingerprint density at radius 3 is 2.50 bits per heavy atom. The topological polar surface area (TPSA) is 82.7 Å². The van der Waals surface area contributed by atoms with E-state index < -0.39 is 5.97 Å². The van der Waals surface area contributed by atoms with Crippen LogP contribution in [0.3, 0.4) is 0 Å². The summed E-state index contributed by atoms with van der Waals surface area (Å²) < 4.78 is 1.99. The molecule has 0 amide bonds. The number of aromatic carboxylic acids is 1. The van der Waals surface area contributed by atoms with Gasteiger partial charge in [0, 0.05) is 24.7 Å². The fourth-order valence-electron chi connectivity index (χ4n) is 2.86. The lowest BCUT2D eigenvalue weighted by molar-refractivity contribution is 0.0697. The SMILES string of the molecule is CC(C)c1cc(C(=O)O)cc2c(CCCO)cn(CCO)c12. The Morgan fingerprint density at radius 2 is 1.95 bits per heavy atom. The van der Waals surface area contributed by atoms with Gasteiger partial charge >= 0.3 is 5.97 Å². The fourth-order valence-corrected chi connectivity index (χ4v) is 2.86. The van der Waals surface area contributed by atoms with E-state index in [9.17, 15) is 15.0 Å². The molecule has 0 atom stereocenters. The van der Waals surface area contributed by atoms with Gasteiger partial charge in [0.25, 0.3) is 0 Å². The number of aliphatic hydroxyl groups is 2. The fraction of sp³-hybridized carbons (Fsp3) is 0.471. The van der Waals surface area contributed by atoms with Crippen molar-refractivity contribution in [2.45, 2.75) is 39.2 Å². The van der Waals surface area contributed by atoms with Gasteiger partial charge in [-0.15, -0.1) is 0 Å². The molecule has 0 spiro atoms. The molecular formula is C17H23NO4. The van der Waals surface area contributed by atoms with E-state index in [1.54, 1.807) is 12.1 Å². The van der Waals surface area contributed by atoms with Crippen molar-refractivity contribution in [2.24, 2.45) is 0 Å². The maximum atomic E-state index is 11.4. The Hall–Kier alpha value is -1.85. The van der Waals surface area contributed by atoms with E-state index in [-0.39, 0.29) is 24.7 Å². The third-order valence-corrected chi connectivity index (χ3v) is 3.90. The first-order valence-electron chi connectivity index (χ1n) is 7.60. The first kappa shape index (κ1) is 16.5. The molecule has 22 heavy (non-hydrogen) atoms. The summed E-state index contributed by atoms with van der Waals surface area (Å²) in [7, 11) is 0. The quantitative estimate of drug-likeness (QED) is 0.733. The molecule has 1 heterocycles. The average molecular weight is 305 g/mol. The number of hydrogen-bond donors (Lipinski definition) is 3. The van der Waals surface area contributed by atoms with Crippen molar-refractivity contribution in [3.63, 3.8) is 0 Å². The van der Waals surface area contributed by atoms with Gasteiger partial charge in [0.1, 0.15) is 0 Å². The summed E-state index contributed by atoms with van der Waals surface area (Å²) in [5, 5.41) is 28.6. The van der Waals surface area contributed by atoms with E-state index in [1.807, 2.05) is 24.6 Å². The number of fused-ring (bicyclic) bond motifs is 1. The normalized spacial score (nSPS) is 11.5. The zero-order valence-corrected chi connectivity index (χ0v) is 13.0. The summed E-state index contributed by atoms with van der Waals surface area (Å²) in [5.41, 5.74) is 3.26. The highest BCUT2D eigenvalue weighted by Crippen LogP contribution is 2.31. The lowest BCUT2D eigenvalue weighted by Crippen LogP contribution is -2.05. The Morgan fingerprint density at radius 1 is 1.23 bits per heavy atom. The third-order valence-electron chi connectivity index (χ3n) is 3.90. The number of benzene rings is 1. The summed E-state index contributed by atoms with van der Waals surface area (Å²) in [6.45, 7) is 4.67. The van der Waals surface area contributed by atoms with Crippen LogP contribution in [-0.4, -0.2) is 39.1 Å². The monoisotopic (exact) mass is 305 g/mol. The Labute approximate surface area is 129 Å². The highest BCUT2D eigenvalue weighted by molar-refractivity contribution is 5.97. The van der Waals surface area contributed by atoms with E-state index >= 15 is 0 Å². The molecule has 2 rings (SSSR count). The van der Waals surface area contributed by atoms with Crippen molar-refractivity contribution < 1.29 is 20.1 Å². The molecule has 0 aliphatic carbocycles. The molecule has 2 aromatic rings. The number of carbonyl (C=O) groups is 1. The van der Waals surface area contributed by atoms with Crippen LogP contribution in [0.15, 0.2) is 18.3 Å². The summed E-state index contributed by atoms with van der Waals surface area (Å²) >= 11 is 0. The predicted octanol–water partition coefficient (Wildman–Crippen LogP) is 2.38. The molecule has 0 unspecified atom stereocenters. The summed E-state index contributed by atoms with van der Waals surface area (Å²) in [5.74, 6) is -0.758. The third kappa shape index (κ3) is 3.15. The van der Waals surface area contributed by atoms with E-state index in [1.165, 1.54) is 0 Å². The second-order valence-electron chi connectivity index (χ2n) is 5.82. The first-order chi connectivity index (χ1) is 10.5. The molecule has 0 aliphatic rings. The van der Waals surface area contributed by atoms with Gasteiger partial charge < -0.3 is 19.9 Å². The van der Waals surface area contributed by atoms with Crippen LogP contribution in [0.5, 0.6) is 0 Å². The maximum Gasteiger partial charge on any atom is 0.335 e. The minimum atomic E-state index is -0.938. The van der Waals surface area contributed by atoms with Crippen molar-refractivity contribution in [1.29, 1.82) is 0 Å². The summed E-state index contributed by atoms with van der Waals surface area (Å²) in [6.07, 6.45) is 3.28. The van der Waals surface area contributed by atoms with Crippen molar-refractivity contribution in [2.75, 3.05) is 13.2 Å². The number of aryl methyl sites for hydroxylation is 1. The first-order valence-corrected chi connectivity index (χ1v) is 7.60. The second-order valence-corrected chi connectivity index (χ2v) is 5.82. The highest BCUT2D eigenvalue weighted by atomic mass is 16.4. The van der Waals surface area contributed by atoms with Crippen LogP contribution in [0.4, 0.5) is 0 Å². The van der Waals surface area contributed by atoms with Gasteiger partial charge in [0.05, 0.1) is 17.7 Å². The Kier molecular flexibility index (Phi) is 5.21. The molecule has 0 bridgehead atoms. The Bertz CT molecular complexity index is 673. The van der Waals surface area contributed by atoms with Crippen LogP contribution in [0.1, 0.15) is 47.7 Å². The average Bonchev–Trinajstić information content (AvgIpc) is 2.82. The molecule has 120 valence electrons. The molecular weight excluding hydrogens is 282 g/mol. The number of aromatic nitrogens is 1. The summed E-state index contributed by atoms with van der Waals surface area (Å²) in [6, 6.07) is 3.42. The zero-order chi connectivity index (χ0) is 16.3. The number of nitrogens with zero attached hydrogens (tertiary/aromatic N) is 1. The smallest absolute Gasteiger partial charge is 0.335 e. The number of hydrogen-bond acceptors (Lipinski definition) is 3. The van der Waals surface area contributed by atoms with Crippen molar-refractivity contribution in [3.05, 3.63) is 35.0 Å². The molecule has 3 N–H and O–H groups in total. The van der Waals surface area contributed by atoms with Crippen LogP contribution in [-0.2, 0) is 13.0 Å². The van der Waals surface area contributed by atoms with Crippen molar-refractivity contribution in [1.82, 2.24) is 4.57 Å². The maximum absolute atomic E-state index is 11.4. The minimum absolute atomic E-state index is 0.0292. The van der Waals surface area contributed by atoms with E-state index in [2.05, 4.69) is 0 Å². The summed E-state index contributed by atoms with van der Waals surface area (Å²) in [4.78, 5) is 11.4. The lowest BCUT2D eigenvalue weighted by atomic mass is 9.95. The molecule has 5 heteroatoms. The molecule has 5 nitrogen and oxygen atoms in total. The van der Waals surface area contributed by atoms with E-state index in [0.29, 0.717) is 19.4 Å². The molecule has 0 radical (unpaired) electrons. The number of rotatable bonds is 7. The van der Waals surface area contributed by atoms with Gasteiger partial charge in [-0.2, -0.15) is 0 Å². The van der Waals surface area contributed by atoms with Crippen LogP contribution >= 0.6 is 0 Å². The minimum Gasteiger partial charge on any atom is -0.478 e. The van der Waals surface area contributed by atoms with Crippen molar-refractivity contribution in [3.8, 4) is 0 Å². The second kappa shape index (κ2) is 6.94. The van der Waals surface area contributed by atoms with Gasteiger partial charge in [-0.3, -0.25) is 0 Å². The molecule has 0 saturated heterocycles. The van der Waals surface area contributed by atoms with Crippen LogP contribution in [0.2, 0.25) is 0 Å². The van der Waals surface area contributed by atoms with Gasteiger partial charge in [-0.05, 0) is 42.0 Å². The number of aliphatic hydroxyl groups excluding tert-OH is 2. The molecule has 0 saturated carbocycles.